The van der Waals surface area contributed by atoms with Crippen LogP contribution < -0.4 is 5.32 Å². The maximum atomic E-state index is 12.3. The van der Waals surface area contributed by atoms with Gasteiger partial charge >= 0.3 is 0 Å². The summed E-state index contributed by atoms with van der Waals surface area (Å²) in [6, 6.07) is 6.83. The molecule has 3 rings (SSSR count). The second kappa shape index (κ2) is 6.20. The van der Waals surface area contributed by atoms with Gasteiger partial charge in [0.25, 0.3) is 5.91 Å². The van der Waals surface area contributed by atoms with E-state index >= 15 is 0 Å². The van der Waals surface area contributed by atoms with Gasteiger partial charge in [0.2, 0.25) is 0 Å². The Balaban J connectivity index is 1.69. The van der Waals surface area contributed by atoms with Crippen molar-refractivity contribution in [2.24, 2.45) is 5.92 Å². The molecule has 0 radical (unpaired) electrons. The van der Waals surface area contributed by atoms with Crippen molar-refractivity contribution >= 4 is 5.91 Å². The van der Waals surface area contributed by atoms with E-state index in [4.69, 9.17) is 5.11 Å². The van der Waals surface area contributed by atoms with Crippen LogP contribution in [0.15, 0.2) is 30.6 Å². The van der Waals surface area contributed by atoms with Crippen LogP contribution in [-0.2, 0) is 0 Å². The minimum atomic E-state index is -0.567. The van der Waals surface area contributed by atoms with E-state index in [1.165, 1.54) is 11.0 Å². The molecule has 1 fully saturated rings. The summed E-state index contributed by atoms with van der Waals surface area (Å²) in [6.45, 7) is -0.0671. The first-order valence-electron chi connectivity index (χ1n) is 7.10. The van der Waals surface area contributed by atoms with Gasteiger partial charge in [0.15, 0.2) is 0 Å². The maximum Gasteiger partial charge on any atom is 0.251 e. The van der Waals surface area contributed by atoms with Crippen molar-refractivity contribution in [1.82, 2.24) is 25.5 Å². The lowest BCUT2D eigenvalue weighted by atomic mass is 10.1. The van der Waals surface area contributed by atoms with E-state index in [2.05, 4.69) is 20.8 Å². The summed E-state index contributed by atoms with van der Waals surface area (Å²) in [6.07, 6.45) is 1.93. The zero-order valence-corrected chi connectivity index (χ0v) is 11.8. The second-order valence-corrected chi connectivity index (χ2v) is 5.46. The molecule has 1 aliphatic carbocycles. The number of benzene rings is 1. The monoisotopic (exact) mass is 303 g/mol. The van der Waals surface area contributed by atoms with Gasteiger partial charge in [0.05, 0.1) is 11.8 Å². The summed E-state index contributed by atoms with van der Waals surface area (Å²) in [7, 11) is 0. The molecule has 3 N–H and O–H groups in total. The Morgan fingerprint density at radius 3 is 2.95 bits per heavy atom. The highest BCUT2D eigenvalue weighted by molar-refractivity contribution is 5.94. The number of carbonyl (C=O) groups excluding carboxylic acids is 1. The van der Waals surface area contributed by atoms with E-state index in [-0.39, 0.29) is 24.5 Å². The summed E-state index contributed by atoms with van der Waals surface area (Å²) in [4.78, 5) is 12.3. The average molecular weight is 303 g/mol. The van der Waals surface area contributed by atoms with Gasteiger partial charge < -0.3 is 15.5 Å². The molecular formula is C14H17N5O3. The van der Waals surface area contributed by atoms with E-state index in [0.29, 0.717) is 24.1 Å². The topological polar surface area (TPSA) is 113 Å². The molecule has 1 amide bonds. The highest BCUT2D eigenvalue weighted by Gasteiger charge is 2.33. The number of nitrogens with zero attached hydrogens (tertiary/aromatic N) is 4. The SMILES string of the molecule is O=C(N[C@H]1C[C@H](CO)[C@@H](O)C1)c1cccc(-n2cnnn2)c1. The fourth-order valence-electron chi connectivity index (χ4n) is 2.75. The molecule has 2 aromatic rings. The first-order chi connectivity index (χ1) is 10.7. The zero-order chi connectivity index (χ0) is 15.5. The highest BCUT2D eigenvalue weighted by atomic mass is 16.3. The van der Waals surface area contributed by atoms with E-state index in [1.54, 1.807) is 24.3 Å². The van der Waals surface area contributed by atoms with Crippen molar-refractivity contribution in [3.05, 3.63) is 36.2 Å². The second-order valence-electron chi connectivity index (χ2n) is 5.46. The summed E-state index contributed by atoms with van der Waals surface area (Å²) in [5.74, 6) is -0.386. The minimum absolute atomic E-state index is 0.0671. The van der Waals surface area contributed by atoms with Crippen molar-refractivity contribution in [3.8, 4) is 5.69 Å². The lowest BCUT2D eigenvalue weighted by molar-refractivity contribution is 0.0903. The Morgan fingerprint density at radius 1 is 1.41 bits per heavy atom. The Kier molecular flexibility index (Phi) is 4.12. The molecular weight excluding hydrogens is 286 g/mol. The van der Waals surface area contributed by atoms with Gasteiger partial charge in [-0.3, -0.25) is 4.79 Å². The molecule has 8 heteroatoms. The van der Waals surface area contributed by atoms with Gasteiger partial charge in [0.1, 0.15) is 6.33 Å². The lowest BCUT2D eigenvalue weighted by Crippen LogP contribution is -2.33. The number of carbonyl (C=O) groups is 1. The van der Waals surface area contributed by atoms with Gasteiger partial charge in [-0.25, -0.2) is 4.68 Å². The molecule has 0 spiro atoms. The van der Waals surface area contributed by atoms with E-state index < -0.39 is 6.10 Å². The molecule has 1 aliphatic rings. The Labute approximate surface area is 126 Å². The molecule has 116 valence electrons. The van der Waals surface area contributed by atoms with Crippen LogP contribution in [0.4, 0.5) is 0 Å². The van der Waals surface area contributed by atoms with Crippen molar-refractivity contribution in [2.45, 2.75) is 25.0 Å². The summed E-state index contributed by atoms with van der Waals surface area (Å²) < 4.78 is 1.47. The highest BCUT2D eigenvalue weighted by Crippen LogP contribution is 2.26. The van der Waals surface area contributed by atoms with Crippen molar-refractivity contribution in [2.75, 3.05) is 6.61 Å². The summed E-state index contributed by atoms with van der Waals surface area (Å²) in [5, 5.41) is 32.7. The molecule has 22 heavy (non-hydrogen) atoms. The van der Waals surface area contributed by atoms with Crippen LogP contribution in [0.5, 0.6) is 0 Å². The lowest BCUT2D eigenvalue weighted by Gasteiger charge is -2.13. The van der Waals surface area contributed by atoms with Gasteiger partial charge in [-0.05, 0) is 41.5 Å². The first-order valence-corrected chi connectivity index (χ1v) is 7.10. The molecule has 3 atom stereocenters. The Bertz CT molecular complexity index is 646. The van der Waals surface area contributed by atoms with Crippen LogP contribution in [0.2, 0.25) is 0 Å². The van der Waals surface area contributed by atoms with Crippen LogP contribution in [0, 0.1) is 5.92 Å². The number of aliphatic hydroxyl groups excluding tert-OH is 2. The predicted molar refractivity (Wildman–Crippen MR) is 76.2 cm³/mol. The van der Waals surface area contributed by atoms with Gasteiger partial charge in [-0.1, -0.05) is 6.07 Å². The standard InChI is InChI=1S/C14H17N5O3/c20-7-10-4-11(6-13(10)21)16-14(22)9-2-1-3-12(5-9)19-8-15-17-18-19/h1-3,5,8,10-11,13,20-21H,4,6-7H2,(H,16,22)/t10-,11+,13+/m1/s1. The number of hydrogen-bond acceptors (Lipinski definition) is 6. The van der Waals surface area contributed by atoms with E-state index in [9.17, 15) is 9.90 Å². The third-order valence-corrected chi connectivity index (χ3v) is 3.95. The number of rotatable bonds is 4. The number of hydrogen-bond donors (Lipinski definition) is 3. The molecule has 1 heterocycles. The molecule has 1 saturated carbocycles. The molecule has 0 unspecified atom stereocenters. The number of amides is 1. The van der Waals surface area contributed by atoms with E-state index in [1.807, 2.05) is 0 Å². The fraction of sp³-hybridized carbons (Fsp3) is 0.429. The molecule has 0 bridgehead atoms. The molecule has 0 saturated heterocycles. The van der Waals surface area contributed by atoms with Crippen molar-refractivity contribution in [1.29, 1.82) is 0 Å². The Morgan fingerprint density at radius 2 is 2.27 bits per heavy atom. The number of aromatic nitrogens is 4. The number of tetrazole rings is 1. The van der Waals surface area contributed by atoms with Crippen LogP contribution in [0.25, 0.3) is 5.69 Å². The van der Waals surface area contributed by atoms with Crippen molar-refractivity contribution in [3.63, 3.8) is 0 Å². The van der Waals surface area contributed by atoms with Gasteiger partial charge in [0, 0.05) is 24.1 Å². The molecule has 1 aromatic heterocycles. The predicted octanol–water partition coefficient (Wildman–Crippen LogP) is -0.476. The van der Waals surface area contributed by atoms with Crippen LogP contribution in [-0.4, -0.2) is 55.1 Å². The number of nitrogens with one attached hydrogen (secondary N) is 1. The van der Waals surface area contributed by atoms with Crippen LogP contribution >= 0.6 is 0 Å². The average Bonchev–Trinajstić information content (AvgIpc) is 3.17. The fourth-order valence-corrected chi connectivity index (χ4v) is 2.75. The quantitative estimate of drug-likeness (QED) is 0.703. The normalized spacial score (nSPS) is 24.4. The number of aliphatic hydroxyl groups is 2. The summed E-state index contributed by atoms with van der Waals surface area (Å²) in [5.41, 5.74) is 1.19. The van der Waals surface area contributed by atoms with Gasteiger partial charge in [-0.2, -0.15) is 0 Å². The minimum Gasteiger partial charge on any atom is -0.396 e. The largest absolute Gasteiger partial charge is 0.396 e. The van der Waals surface area contributed by atoms with E-state index in [0.717, 1.165) is 0 Å². The van der Waals surface area contributed by atoms with Crippen LogP contribution in [0.3, 0.4) is 0 Å². The first kappa shape index (κ1) is 14.6. The summed E-state index contributed by atoms with van der Waals surface area (Å²) >= 11 is 0. The van der Waals surface area contributed by atoms with Gasteiger partial charge in [-0.15, -0.1) is 5.10 Å². The third kappa shape index (κ3) is 2.97. The zero-order valence-electron chi connectivity index (χ0n) is 11.8. The molecule has 1 aromatic carbocycles. The smallest absolute Gasteiger partial charge is 0.251 e. The third-order valence-electron chi connectivity index (χ3n) is 3.95. The Hall–Kier alpha value is -2.32. The maximum absolute atomic E-state index is 12.3. The molecule has 0 aliphatic heterocycles. The van der Waals surface area contributed by atoms with Crippen LogP contribution in [0.1, 0.15) is 23.2 Å². The molecule has 8 nitrogen and oxygen atoms in total. The van der Waals surface area contributed by atoms with Crippen molar-refractivity contribution < 1.29 is 15.0 Å².